The van der Waals surface area contributed by atoms with Gasteiger partial charge in [0.25, 0.3) is 0 Å². The first kappa shape index (κ1) is 18.2. The lowest BCUT2D eigenvalue weighted by atomic mass is 9.60. The van der Waals surface area contributed by atoms with E-state index < -0.39 is 8.07 Å². The Balaban J connectivity index is 1.93. The zero-order chi connectivity index (χ0) is 17.4. The largest absolute Gasteiger partial charge is 0.103 e. The highest BCUT2D eigenvalue weighted by molar-refractivity contribution is 6.77. The van der Waals surface area contributed by atoms with Gasteiger partial charge in [0, 0.05) is 8.07 Å². The first-order valence-corrected chi connectivity index (χ1v) is 13.9. The molecule has 3 aliphatic carbocycles. The van der Waals surface area contributed by atoms with Crippen LogP contribution in [-0.4, -0.2) is 8.07 Å². The van der Waals surface area contributed by atoms with Crippen molar-refractivity contribution in [3.63, 3.8) is 0 Å². The average molecular weight is 343 g/mol. The standard InChI is InChI=1S/C23H38Si/c1-6-7-16-23(2,18-12-8-9-13-18)21-17-22(24(3,4)5)20-15-11-10-14-19(20)21/h6,10-11,14-15,18-22H,1,7-9,12-13,16-17H2,2-5H3. The molecule has 0 aromatic carbocycles. The predicted octanol–water partition coefficient (Wildman–Crippen LogP) is 7.24. The molecule has 0 nitrogen and oxygen atoms in total. The summed E-state index contributed by atoms with van der Waals surface area (Å²) in [5.41, 5.74) is 1.47. The van der Waals surface area contributed by atoms with Crippen LogP contribution in [0.4, 0.5) is 0 Å². The van der Waals surface area contributed by atoms with Gasteiger partial charge in [-0.3, -0.25) is 0 Å². The van der Waals surface area contributed by atoms with E-state index in [1.165, 1.54) is 44.9 Å². The first-order valence-electron chi connectivity index (χ1n) is 10.3. The van der Waals surface area contributed by atoms with Crippen molar-refractivity contribution in [2.24, 2.45) is 29.1 Å². The number of fused-ring (bicyclic) bond motifs is 1. The Bertz CT molecular complexity index is 503. The third-order valence-electron chi connectivity index (χ3n) is 7.79. The van der Waals surface area contributed by atoms with Crippen molar-refractivity contribution >= 4 is 8.07 Å². The molecular formula is C23H38Si. The van der Waals surface area contributed by atoms with Gasteiger partial charge in [-0.15, -0.1) is 6.58 Å². The van der Waals surface area contributed by atoms with Crippen LogP contribution in [0.1, 0.15) is 51.9 Å². The van der Waals surface area contributed by atoms with Crippen molar-refractivity contribution in [1.29, 1.82) is 0 Å². The second kappa shape index (κ2) is 6.98. The molecule has 0 aliphatic heterocycles. The molecular weight excluding hydrogens is 304 g/mol. The third-order valence-corrected chi connectivity index (χ3v) is 10.6. The molecule has 0 radical (unpaired) electrons. The molecule has 134 valence electrons. The average Bonchev–Trinajstić information content (AvgIpc) is 3.20. The van der Waals surface area contributed by atoms with Gasteiger partial charge in [-0.1, -0.05) is 69.8 Å². The topological polar surface area (TPSA) is 0 Å². The SMILES string of the molecule is C=CCCC(C)(C1CCCC1)C1CC([Si](C)(C)C)C2C=CC=CC21. The van der Waals surface area contributed by atoms with Gasteiger partial charge in [0.15, 0.2) is 0 Å². The molecule has 0 heterocycles. The molecule has 5 atom stereocenters. The van der Waals surface area contributed by atoms with E-state index in [4.69, 9.17) is 0 Å². The highest BCUT2D eigenvalue weighted by Crippen LogP contribution is 2.62. The van der Waals surface area contributed by atoms with Crippen molar-refractivity contribution in [2.45, 2.75) is 77.1 Å². The predicted molar refractivity (Wildman–Crippen MR) is 110 cm³/mol. The Morgan fingerprint density at radius 2 is 1.71 bits per heavy atom. The highest BCUT2D eigenvalue weighted by atomic mass is 28.3. The molecule has 3 aliphatic rings. The quantitative estimate of drug-likeness (QED) is 0.352. The minimum Gasteiger partial charge on any atom is -0.103 e. The molecule has 24 heavy (non-hydrogen) atoms. The normalized spacial score (nSPS) is 35.8. The van der Waals surface area contributed by atoms with Gasteiger partial charge < -0.3 is 0 Å². The van der Waals surface area contributed by atoms with E-state index in [0.717, 1.165) is 29.2 Å². The summed E-state index contributed by atoms with van der Waals surface area (Å²) in [6, 6.07) is 0. The molecule has 0 aromatic heterocycles. The number of hydrogen-bond acceptors (Lipinski definition) is 0. The summed E-state index contributed by atoms with van der Waals surface area (Å²) in [7, 11) is -1.13. The van der Waals surface area contributed by atoms with E-state index in [2.05, 4.69) is 63.5 Å². The summed E-state index contributed by atoms with van der Waals surface area (Å²) in [4.78, 5) is 0. The van der Waals surface area contributed by atoms with Crippen molar-refractivity contribution < 1.29 is 0 Å². The fourth-order valence-electron chi connectivity index (χ4n) is 6.36. The fourth-order valence-corrected chi connectivity index (χ4v) is 8.81. The number of allylic oxidation sites excluding steroid dienone is 5. The Kier molecular flexibility index (Phi) is 5.30. The summed E-state index contributed by atoms with van der Waals surface area (Å²) >= 11 is 0. The van der Waals surface area contributed by atoms with Gasteiger partial charge in [0.2, 0.25) is 0 Å². The van der Waals surface area contributed by atoms with Gasteiger partial charge in [-0.05, 0) is 66.7 Å². The fraction of sp³-hybridized carbons (Fsp3) is 0.739. The molecule has 0 N–H and O–H groups in total. The maximum absolute atomic E-state index is 4.03. The minimum absolute atomic E-state index is 0.511. The Labute approximate surface area is 151 Å². The van der Waals surface area contributed by atoms with Gasteiger partial charge in [0.05, 0.1) is 0 Å². The van der Waals surface area contributed by atoms with Crippen molar-refractivity contribution in [3.8, 4) is 0 Å². The minimum atomic E-state index is -1.13. The molecule has 0 spiro atoms. The smallest absolute Gasteiger partial charge is 0.0480 e. The van der Waals surface area contributed by atoms with E-state index in [9.17, 15) is 0 Å². The van der Waals surface area contributed by atoms with Crippen LogP contribution in [0.2, 0.25) is 25.2 Å². The Morgan fingerprint density at radius 1 is 1.08 bits per heavy atom. The third kappa shape index (κ3) is 3.26. The molecule has 0 bridgehead atoms. The van der Waals surface area contributed by atoms with Crippen LogP contribution in [0.15, 0.2) is 37.0 Å². The summed E-state index contributed by atoms with van der Waals surface area (Å²) in [6.45, 7) is 14.5. The van der Waals surface area contributed by atoms with Crippen molar-refractivity contribution in [3.05, 3.63) is 37.0 Å². The Hall–Kier alpha value is -0.563. The van der Waals surface area contributed by atoms with Crippen LogP contribution in [0, 0.1) is 29.1 Å². The lowest BCUT2D eigenvalue weighted by molar-refractivity contribution is 0.0645. The van der Waals surface area contributed by atoms with E-state index >= 15 is 0 Å². The second-order valence-corrected chi connectivity index (χ2v) is 15.5. The molecule has 2 fully saturated rings. The summed E-state index contributed by atoms with van der Waals surface area (Å²) in [5, 5.41) is 0. The van der Waals surface area contributed by atoms with Gasteiger partial charge in [-0.2, -0.15) is 0 Å². The lowest BCUT2D eigenvalue weighted by Gasteiger charge is -2.44. The zero-order valence-corrected chi connectivity index (χ0v) is 17.4. The summed E-state index contributed by atoms with van der Waals surface area (Å²) in [5.74, 6) is 3.43. The van der Waals surface area contributed by atoms with Gasteiger partial charge in [0.1, 0.15) is 0 Å². The molecule has 0 saturated heterocycles. The van der Waals surface area contributed by atoms with Gasteiger partial charge >= 0.3 is 0 Å². The molecule has 3 rings (SSSR count). The summed E-state index contributed by atoms with van der Waals surface area (Å²) in [6.07, 6.45) is 21.9. The lowest BCUT2D eigenvalue weighted by Crippen LogP contribution is -2.37. The number of rotatable bonds is 6. The highest BCUT2D eigenvalue weighted by Gasteiger charge is 2.54. The van der Waals surface area contributed by atoms with Crippen molar-refractivity contribution in [2.75, 3.05) is 0 Å². The van der Waals surface area contributed by atoms with Crippen LogP contribution < -0.4 is 0 Å². The molecule has 5 unspecified atom stereocenters. The maximum atomic E-state index is 4.03. The number of hydrogen-bond donors (Lipinski definition) is 0. The monoisotopic (exact) mass is 342 g/mol. The summed E-state index contributed by atoms with van der Waals surface area (Å²) < 4.78 is 0. The Morgan fingerprint density at radius 3 is 2.29 bits per heavy atom. The molecule has 0 aromatic rings. The maximum Gasteiger partial charge on any atom is 0.0480 e. The molecule has 2 saturated carbocycles. The zero-order valence-electron chi connectivity index (χ0n) is 16.4. The van der Waals surface area contributed by atoms with Crippen LogP contribution in [-0.2, 0) is 0 Å². The van der Waals surface area contributed by atoms with E-state index in [1.54, 1.807) is 0 Å². The van der Waals surface area contributed by atoms with Gasteiger partial charge in [-0.25, -0.2) is 0 Å². The van der Waals surface area contributed by atoms with Crippen molar-refractivity contribution in [1.82, 2.24) is 0 Å². The van der Waals surface area contributed by atoms with E-state index in [0.29, 0.717) is 5.41 Å². The first-order chi connectivity index (χ1) is 11.4. The second-order valence-electron chi connectivity index (χ2n) is 10.1. The molecule has 1 heteroatoms. The van der Waals surface area contributed by atoms with Crippen LogP contribution in [0.5, 0.6) is 0 Å². The van der Waals surface area contributed by atoms with Crippen LogP contribution >= 0.6 is 0 Å². The van der Waals surface area contributed by atoms with Crippen LogP contribution in [0.25, 0.3) is 0 Å². The molecule has 0 amide bonds. The van der Waals surface area contributed by atoms with E-state index in [1.807, 2.05) is 0 Å². The van der Waals surface area contributed by atoms with E-state index in [-0.39, 0.29) is 0 Å². The van der Waals surface area contributed by atoms with Crippen LogP contribution in [0.3, 0.4) is 0 Å².